The summed E-state index contributed by atoms with van der Waals surface area (Å²) in [4.78, 5) is 12.8. The smallest absolute Gasteiger partial charge is 0.323 e. The largest absolute Gasteiger partial charge is 0.480 e. The highest BCUT2D eigenvalue weighted by atomic mass is 32.2. The third kappa shape index (κ3) is 3.17. The number of sulfonamides is 1. The number of nitrogens with zero attached hydrogens (tertiary/aromatic N) is 2. The van der Waals surface area contributed by atoms with E-state index in [1.165, 1.54) is 14.0 Å². The van der Waals surface area contributed by atoms with E-state index in [4.69, 9.17) is 5.11 Å². The Morgan fingerprint density at radius 3 is 2.59 bits per heavy atom. The van der Waals surface area contributed by atoms with E-state index in [-0.39, 0.29) is 6.04 Å². The highest BCUT2D eigenvalue weighted by molar-refractivity contribution is 7.90. The first-order chi connectivity index (χ1) is 7.76. The van der Waals surface area contributed by atoms with E-state index in [1.54, 1.807) is 0 Å². The summed E-state index contributed by atoms with van der Waals surface area (Å²) in [5.74, 6) is -1.31. The molecule has 0 aliphatic carbocycles. The minimum Gasteiger partial charge on any atom is -0.480 e. The molecule has 0 bridgehead atoms. The van der Waals surface area contributed by atoms with Gasteiger partial charge >= 0.3 is 5.97 Å². The molecule has 6 nitrogen and oxygen atoms in total. The van der Waals surface area contributed by atoms with Crippen LogP contribution in [0.1, 0.15) is 19.8 Å². The highest BCUT2D eigenvalue weighted by Crippen LogP contribution is 2.17. The molecular weight excluding hydrogens is 244 g/mol. The number of hydrogen-bond donors (Lipinski definition) is 1. The van der Waals surface area contributed by atoms with Gasteiger partial charge in [-0.15, -0.1) is 0 Å². The quantitative estimate of drug-likeness (QED) is 0.745. The Morgan fingerprint density at radius 1 is 1.59 bits per heavy atom. The van der Waals surface area contributed by atoms with Crippen LogP contribution in [-0.4, -0.2) is 67.2 Å². The molecule has 0 aromatic carbocycles. The lowest BCUT2D eigenvalue weighted by Gasteiger charge is -2.26. The van der Waals surface area contributed by atoms with Crippen molar-refractivity contribution in [3.8, 4) is 0 Å². The molecule has 1 N–H and O–H groups in total. The van der Waals surface area contributed by atoms with Crippen LogP contribution in [-0.2, 0) is 14.8 Å². The van der Waals surface area contributed by atoms with Crippen molar-refractivity contribution in [3.63, 3.8) is 0 Å². The van der Waals surface area contributed by atoms with Crippen LogP contribution in [0.15, 0.2) is 0 Å². The van der Waals surface area contributed by atoms with Crippen molar-refractivity contribution in [3.05, 3.63) is 0 Å². The van der Waals surface area contributed by atoms with Gasteiger partial charge in [-0.05, 0) is 33.4 Å². The van der Waals surface area contributed by atoms with Crippen molar-refractivity contribution >= 4 is 16.0 Å². The Morgan fingerprint density at radius 2 is 2.18 bits per heavy atom. The van der Waals surface area contributed by atoms with Crippen molar-refractivity contribution in [1.29, 1.82) is 0 Å². The molecule has 100 valence electrons. The Bertz CT molecular complexity index is 382. The van der Waals surface area contributed by atoms with Gasteiger partial charge in [-0.25, -0.2) is 12.7 Å². The topological polar surface area (TPSA) is 77.9 Å². The average Bonchev–Trinajstić information content (AvgIpc) is 2.63. The lowest BCUT2D eigenvalue weighted by atomic mass is 10.2. The number of carbonyl (C=O) groups is 1. The van der Waals surface area contributed by atoms with E-state index in [1.807, 2.05) is 7.05 Å². The van der Waals surface area contributed by atoms with Gasteiger partial charge in [-0.2, -0.15) is 0 Å². The minimum atomic E-state index is -3.74. The second-order valence-corrected chi connectivity index (χ2v) is 6.94. The number of carboxylic acid groups (broad SMARTS) is 1. The minimum absolute atomic E-state index is 0.191. The summed E-state index contributed by atoms with van der Waals surface area (Å²) >= 11 is 0. The zero-order valence-electron chi connectivity index (χ0n) is 10.5. The standard InChI is InChI=1S/C10H20N2O4S/c1-8(10(13)14)17(15,16)12(3)7-9-5-4-6-11(9)2/h8-9H,4-7H2,1-3H3,(H,13,14). The lowest BCUT2D eigenvalue weighted by Crippen LogP contribution is -2.44. The normalized spacial score (nSPS) is 24.1. The number of aliphatic carboxylic acids is 1. The van der Waals surface area contributed by atoms with Gasteiger partial charge in [0.1, 0.15) is 0 Å². The Hall–Kier alpha value is -0.660. The van der Waals surface area contributed by atoms with Crippen LogP contribution in [0.5, 0.6) is 0 Å². The molecule has 0 spiro atoms. The maximum absolute atomic E-state index is 11.9. The van der Waals surface area contributed by atoms with Gasteiger partial charge in [0, 0.05) is 19.6 Å². The number of likely N-dealkylation sites (N-methyl/N-ethyl adjacent to an activating group) is 2. The van der Waals surface area contributed by atoms with Crippen LogP contribution in [0.2, 0.25) is 0 Å². The number of hydrogen-bond acceptors (Lipinski definition) is 4. The molecule has 1 rings (SSSR count). The van der Waals surface area contributed by atoms with Crippen LogP contribution in [0.25, 0.3) is 0 Å². The fraction of sp³-hybridized carbons (Fsp3) is 0.900. The molecule has 0 saturated carbocycles. The van der Waals surface area contributed by atoms with Crippen LogP contribution in [0.4, 0.5) is 0 Å². The first-order valence-electron chi connectivity index (χ1n) is 5.65. The van der Waals surface area contributed by atoms with Gasteiger partial charge < -0.3 is 10.0 Å². The maximum Gasteiger partial charge on any atom is 0.323 e. The van der Waals surface area contributed by atoms with Crippen LogP contribution < -0.4 is 0 Å². The monoisotopic (exact) mass is 264 g/mol. The molecule has 17 heavy (non-hydrogen) atoms. The van der Waals surface area contributed by atoms with Gasteiger partial charge in [0.05, 0.1) is 0 Å². The lowest BCUT2D eigenvalue weighted by molar-refractivity contribution is -0.136. The van der Waals surface area contributed by atoms with E-state index in [0.29, 0.717) is 6.54 Å². The summed E-state index contributed by atoms with van der Waals surface area (Å²) in [6, 6.07) is 0.191. The molecule has 7 heteroatoms. The molecule has 2 unspecified atom stereocenters. The predicted molar refractivity (Wildman–Crippen MR) is 64.3 cm³/mol. The summed E-state index contributed by atoms with van der Waals surface area (Å²) in [5.41, 5.74) is 0. The summed E-state index contributed by atoms with van der Waals surface area (Å²) in [6.07, 6.45) is 2.02. The van der Waals surface area contributed by atoms with Crippen molar-refractivity contribution in [1.82, 2.24) is 9.21 Å². The summed E-state index contributed by atoms with van der Waals surface area (Å²) < 4.78 is 25.0. The van der Waals surface area contributed by atoms with Crippen LogP contribution >= 0.6 is 0 Å². The number of rotatable bonds is 5. The Kier molecular flexibility index (Phi) is 4.51. The second-order valence-electron chi connectivity index (χ2n) is 4.58. The molecule has 1 saturated heterocycles. The fourth-order valence-electron chi connectivity index (χ4n) is 2.01. The molecular formula is C10H20N2O4S. The number of likely N-dealkylation sites (tertiary alicyclic amines) is 1. The second kappa shape index (κ2) is 5.32. The van der Waals surface area contributed by atoms with E-state index >= 15 is 0 Å². The Labute approximate surface area is 102 Å². The molecule has 0 radical (unpaired) electrons. The third-order valence-electron chi connectivity index (χ3n) is 3.37. The van der Waals surface area contributed by atoms with Crippen LogP contribution in [0.3, 0.4) is 0 Å². The molecule has 0 aromatic heterocycles. The van der Waals surface area contributed by atoms with Gasteiger partial charge in [-0.1, -0.05) is 0 Å². The van der Waals surface area contributed by atoms with E-state index in [0.717, 1.165) is 23.7 Å². The summed E-state index contributed by atoms with van der Waals surface area (Å²) in [6.45, 7) is 2.52. The zero-order chi connectivity index (χ0) is 13.2. The molecule has 1 heterocycles. The van der Waals surface area contributed by atoms with Crippen molar-refractivity contribution in [2.24, 2.45) is 0 Å². The van der Waals surface area contributed by atoms with Gasteiger partial charge in [0.15, 0.2) is 5.25 Å². The summed E-state index contributed by atoms with van der Waals surface area (Å²) in [7, 11) is -0.340. The van der Waals surface area contributed by atoms with Gasteiger partial charge in [0.2, 0.25) is 10.0 Å². The Balaban J connectivity index is 2.69. The average molecular weight is 264 g/mol. The summed E-state index contributed by atoms with van der Waals surface area (Å²) in [5, 5.41) is 7.37. The maximum atomic E-state index is 11.9. The molecule has 1 aliphatic heterocycles. The molecule has 1 fully saturated rings. The van der Waals surface area contributed by atoms with Gasteiger partial charge in [0.25, 0.3) is 0 Å². The van der Waals surface area contributed by atoms with E-state index < -0.39 is 21.2 Å². The van der Waals surface area contributed by atoms with E-state index in [9.17, 15) is 13.2 Å². The first kappa shape index (κ1) is 14.4. The highest BCUT2D eigenvalue weighted by Gasteiger charge is 2.34. The van der Waals surface area contributed by atoms with Crippen molar-refractivity contribution in [2.75, 3.05) is 27.2 Å². The van der Waals surface area contributed by atoms with E-state index in [2.05, 4.69) is 4.90 Å². The molecule has 0 amide bonds. The SMILES string of the molecule is CC(C(=O)O)S(=O)(=O)N(C)CC1CCCN1C. The predicted octanol–water partition coefficient (Wildman–Crippen LogP) is -0.185. The van der Waals surface area contributed by atoms with Gasteiger partial charge in [-0.3, -0.25) is 4.79 Å². The molecule has 2 atom stereocenters. The zero-order valence-corrected chi connectivity index (χ0v) is 11.3. The first-order valence-corrected chi connectivity index (χ1v) is 7.15. The third-order valence-corrected chi connectivity index (χ3v) is 5.48. The fourth-order valence-corrected chi connectivity index (χ4v) is 3.18. The van der Waals surface area contributed by atoms with Crippen molar-refractivity contribution < 1.29 is 18.3 Å². The number of carboxylic acids is 1. The molecule has 1 aliphatic rings. The van der Waals surface area contributed by atoms with Crippen molar-refractivity contribution in [2.45, 2.75) is 31.1 Å². The molecule has 0 aromatic rings. The van der Waals surface area contributed by atoms with Crippen LogP contribution in [0, 0.1) is 0 Å².